The molecular formula is C15H21NO3. The first-order chi connectivity index (χ1) is 9.11. The molecule has 1 amide bonds. The van der Waals surface area contributed by atoms with E-state index in [0.717, 1.165) is 17.7 Å². The maximum Gasteiger partial charge on any atom is 0.252 e. The van der Waals surface area contributed by atoms with Gasteiger partial charge in [-0.25, -0.2) is 0 Å². The van der Waals surface area contributed by atoms with Gasteiger partial charge in [-0.3, -0.25) is 4.79 Å². The van der Waals surface area contributed by atoms with Crippen LogP contribution in [0.1, 0.15) is 18.9 Å². The summed E-state index contributed by atoms with van der Waals surface area (Å²) >= 11 is 0. The SMILES string of the molecule is COc1ccc(CN(C)C(=O)[C@H]2OCC[C@H]2C)cc1. The zero-order chi connectivity index (χ0) is 13.8. The lowest BCUT2D eigenvalue weighted by atomic mass is 10.0. The summed E-state index contributed by atoms with van der Waals surface area (Å²) in [6.45, 7) is 3.35. The Kier molecular flexibility index (Phi) is 4.43. The molecule has 0 aromatic heterocycles. The molecule has 0 unspecified atom stereocenters. The highest BCUT2D eigenvalue weighted by molar-refractivity contribution is 5.81. The van der Waals surface area contributed by atoms with Crippen molar-refractivity contribution in [3.05, 3.63) is 29.8 Å². The molecule has 19 heavy (non-hydrogen) atoms. The number of hydrogen-bond acceptors (Lipinski definition) is 3. The first-order valence-corrected chi connectivity index (χ1v) is 6.61. The van der Waals surface area contributed by atoms with Gasteiger partial charge in [-0.05, 0) is 30.0 Å². The molecule has 4 nitrogen and oxygen atoms in total. The number of carbonyl (C=O) groups is 1. The fourth-order valence-electron chi connectivity index (χ4n) is 2.31. The van der Waals surface area contributed by atoms with Gasteiger partial charge in [0.15, 0.2) is 0 Å². The minimum atomic E-state index is -0.275. The van der Waals surface area contributed by atoms with Crippen LogP contribution in [0.4, 0.5) is 0 Å². The van der Waals surface area contributed by atoms with E-state index in [2.05, 4.69) is 6.92 Å². The standard InChI is InChI=1S/C15H21NO3/c1-11-8-9-19-14(11)15(17)16(2)10-12-4-6-13(18-3)7-5-12/h4-7,11,14H,8-10H2,1-3H3/t11-,14+/m1/s1. The Balaban J connectivity index is 1.95. The smallest absolute Gasteiger partial charge is 0.252 e. The summed E-state index contributed by atoms with van der Waals surface area (Å²) in [5, 5.41) is 0. The van der Waals surface area contributed by atoms with Crippen LogP contribution in [0.5, 0.6) is 5.75 Å². The Morgan fingerprint density at radius 1 is 1.42 bits per heavy atom. The maximum atomic E-state index is 12.3. The van der Waals surface area contributed by atoms with Crippen molar-refractivity contribution in [3.63, 3.8) is 0 Å². The van der Waals surface area contributed by atoms with Crippen LogP contribution in [0.3, 0.4) is 0 Å². The summed E-state index contributed by atoms with van der Waals surface area (Å²) in [5.74, 6) is 1.21. The molecule has 0 N–H and O–H groups in total. The van der Waals surface area contributed by atoms with Crippen LogP contribution in [0.2, 0.25) is 0 Å². The Hall–Kier alpha value is -1.55. The summed E-state index contributed by atoms with van der Waals surface area (Å²) < 4.78 is 10.6. The number of nitrogens with zero attached hydrogens (tertiary/aromatic N) is 1. The van der Waals surface area contributed by atoms with Gasteiger partial charge in [0.05, 0.1) is 7.11 Å². The molecule has 0 spiro atoms. The van der Waals surface area contributed by atoms with Gasteiger partial charge >= 0.3 is 0 Å². The van der Waals surface area contributed by atoms with E-state index < -0.39 is 0 Å². The molecular weight excluding hydrogens is 242 g/mol. The number of methoxy groups -OCH3 is 1. The highest BCUT2D eigenvalue weighted by Gasteiger charge is 2.32. The van der Waals surface area contributed by atoms with Crippen LogP contribution in [-0.4, -0.2) is 37.7 Å². The summed E-state index contributed by atoms with van der Waals surface area (Å²) in [7, 11) is 3.46. The highest BCUT2D eigenvalue weighted by atomic mass is 16.5. The Morgan fingerprint density at radius 2 is 2.11 bits per heavy atom. The van der Waals surface area contributed by atoms with Crippen molar-refractivity contribution >= 4 is 5.91 Å². The predicted octanol–water partition coefficient (Wildman–Crippen LogP) is 2.08. The minimum Gasteiger partial charge on any atom is -0.497 e. The molecule has 1 aromatic rings. The van der Waals surface area contributed by atoms with Crippen LogP contribution < -0.4 is 4.74 Å². The number of amides is 1. The number of hydrogen-bond donors (Lipinski definition) is 0. The van der Waals surface area contributed by atoms with Crippen LogP contribution in [0.25, 0.3) is 0 Å². The van der Waals surface area contributed by atoms with E-state index in [0.29, 0.717) is 19.1 Å². The number of ether oxygens (including phenoxy) is 2. The average Bonchev–Trinajstić information content (AvgIpc) is 2.85. The molecule has 1 fully saturated rings. The van der Waals surface area contributed by atoms with Gasteiger partial charge in [-0.2, -0.15) is 0 Å². The Morgan fingerprint density at radius 3 is 2.63 bits per heavy atom. The van der Waals surface area contributed by atoms with Gasteiger partial charge in [0.2, 0.25) is 0 Å². The van der Waals surface area contributed by atoms with Crippen molar-refractivity contribution in [2.24, 2.45) is 5.92 Å². The minimum absolute atomic E-state index is 0.0702. The second-order valence-corrected chi connectivity index (χ2v) is 5.10. The van der Waals surface area contributed by atoms with Gasteiger partial charge < -0.3 is 14.4 Å². The van der Waals surface area contributed by atoms with E-state index >= 15 is 0 Å². The lowest BCUT2D eigenvalue weighted by Gasteiger charge is -2.23. The van der Waals surface area contributed by atoms with E-state index in [1.165, 1.54) is 0 Å². The van der Waals surface area contributed by atoms with Gasteiger partial charge in [0.1, 0.15) is 11.9 Å². The van der Waals surface area contributed by atoms with Crippen LogP contribution in [0.15, 0.2) is 24.3 Å². The average molecular weight is 263 g/mol. The second-order valence-electron chi connectivity index (χ2n) is 5.10. The van der Waals surface area contributed by atoms with Crippen molar-refractivity contribution in [1.82, 2.24) is 4.90 Å². The third-order valence-corrected chi connectivity index (χ3v) is 3.59. The molecule has 1 heterocycles. The van der Waals surface area contributed by atoms with Gasteiger partial charge in [-0.1, -0.05) is 19.1 Å². The third kappa shape index (κ3) is 3.26. The van der Waals surface area contributed by atoms with Gasteiger partial charge in [0.25, 0.3) is 5.91 Å². The fraction of sp³-hybridized carbons (Fsp3) is 0.533. The van der Waals surface area contributed by atoms with E-state index in [4.69, 9.17) is 9.47 Å². The van der Waals surface area contributed by atoms with Gasteiger partial charge in [-0.15, -0.1) is 0 Å². The first-order valence-electron chi connectivity index (χ1n) is 6.61. The fourth-order valence-corrected chi connectivity index (χ4v) is 2.31. The van der Waals surface area contributed by atoms with Crippen molar-refractivity contribution < 1.29 is 14.3 Å². The first kappa shape index (κ1) is 13.9. The second kappa shape index (κ2) is 6.06. The summed E-state index contributed by atoms with van der Waals surface area (Å²) in [4.78, 5) is 14.0. The number of carbonyl (C=O) groups excluding carboxylic acids is 1. The normalized spacial score (nSPS) is 22.3. The monoisotopic (exact) mass is 263 g/mol. The molecule has 2 rings (SSSR count). The summed E-state index contributed by atoms with van der Waals surface area (Å²) in [6, 6.07) is 7.76. The largest absolute Gasteiger partial charge is 0.497 e. The van der Waals surface area contributed by atoms with Gasteiger partial charge in [0, 0.05) is 20.2 Å². The molecule has 0 bridgehead atoms. The molecule has 0 saturated carbocycles. The van der Waals surface area contributed by atoms with Crippen LogP contribution in [0, 0.1) is 5.92 Å². The van der Waals surface area contributed by atoms with E-state index in [1.807, 2.05) is 31.3 Å². The lowest BCUT2D eigenvalue weighted by molar-refractivity contribution is -0.141. The Labute approximate surface area is 114 Å². The van der Waals surface area contributed by atoms with Crippen molar-refractivity contribution in [2.75, 3.05) is 20.8 Å². The van der Waals surface area contributed by atoms with Crippen molar-refractivity contribution in [3.8, 4) is 5.75 Å². The van der Waals surface area contributed by atoms with Crippen LogP contribution >= 0.6 is 0 Å². The van der Waals surface area contributed by atoms with E-state index in [9.17, 15) is 4.79 Å². The molecule has 104 valence electrons. The molecule has 1 aliphatic rings. The zero-order valence-corrected chi connectivity index (χ0v) is 11.8. The molecule has 1 aromatic carbocycles. The molecule has 1 saturated heterocycles. The highest BCUT2D eigenvalue weighted by Crippen LogP contribution is 2.22. The molecule has 4 heteroatoms. The summed E-state index contributed by atoms with van der Waals surface area (Å²) in [6.07, 6.45) is 0.690. The molecule has 2 atom stereocenters. The quantitative estimate of drug-likeness (QED) is 0.835. The summed E-state index contributed by atoms with van der Waals surface area (Å²) in [5.41, 5.74) is 1.09. The molecule has 0 aliphatic carbocycles. The van der Waals surface area contributed by atoms with Crippen LogP contribution in [-0.2, 0) is 16.1 Å². The van der Waals surface area contributed by atoms with Crippen molar-refractivity contribution in [2.45, 2.75) is 26.0 Å². The maximum absolute atomic E-state index is 12.3. The molecule has 1 aliphatic heterocycles. The predicted molar refractivity (Wildman–Crippen MR) is 73.0 cm³/mol. The number of rotatable bonds is 4. The van der Waals surface area contributed by atoms with E-state index in [-0.39, 0.29) is 12.0 Å². The van der Waals surface area contributed by atoms with Crippen molar-refractivity contribution in [1.29, 1.82) is 0 Å². The lowest BCUT2D eigenvalue weighted by Crippen LogP contribution is -2.38. The van der Waals surface area contributed by atoms with E-state index in [1.54, 1.807) is 12.0 Å². The third-order valence-electron chi connectivity index (χ3n) is 3.59. The number of benzene rings is 1. The molecule has 0 radical (unpaired) electrons. The topological polar surface area (TPSA) is 38.8 Å². The number of likely N-dealkylation sites (N-methyl/N-ethyl adjacent to an activating group) is 1. The zero-order valence-electron chi connectivity index (χ0n) is 11.8. The Bertz CT molecular complexity index is 430.